The van der Waals surface area contributed by atoms with Crippen molar-refractivity contribution in [3.63, 3.8) is 0 Å². The van der Waals surface area contributed by atoms with E-state index in [0.717, 1.165) is 11.8 Å². The first kappa shape index (κ1) is 16.9. The third kappa shape index (κ3) is 2.40. The highest BCUT2D eigenvalue weighted by Gasteiger charge is 2.59. The van der Waals surface area contributed by atoms with Gasteiger partial charge in [-0.15, -0.1) is 12.4 Å². The predicted molar refractivity (Wildman–Crippen MR) is 96.2 cm³/mol. The molecule has 1 aromatic carbocycles. The van der Waals surface area contributed by atoms with E-state index in [1.54, 1.807) is 0 Å². The molecule has 1 aromatic rings. The summed E-state index contributed by atoms with van der Waals surface area (Å²) in [6.07, 6.45) is 7.96. The molecular weight excluding hydrogens is 337 g/mol. The summed E-state index contributed by atoms with van der Waals surface area (Å²) in [5, 5.41) is 1.35. The van der Waals surface area contributed by atoms with Gasteiger partial charge in [-0.1, -0.05) is 29.3 Å². The summed E-state index contributed by atoms with van der Waals surface area (Å²) in [6.45, 7) is 2.22. The van der Waals surface area contributed by atoms with Crippen LogP contribution in [0.3, 0.4) is 0 Å². The van der Waals surface area contributed by atoms with Crippen LogP contribution in [0.1, 0.15) is 51.0 Å². The minimum atomic E-state index is 0. The van der Waals surface area contributed by atoms with Crippen molar-refractivity contribution >= 4 is 35.6 Å². The van der Waals surface area contributed by atoms with Crippen LogP contribution in [0.4, 0.5) is 0 Å². The monoisotopic (exact) mass is 359 g/mol. The molecule has 0 aromatic heterocycles. The molecule has 5 rings (SSSR count). The maximum atomic E-state index is 6.44. The van der Waals surface area contributed by atoms with Crippen molar-refractivity contribution in [2.24, 2.45) is 23.0 Å². The summed E-state index contributed by atoms with van der Waals surface area (Å²) >= 11 is 12.4. The number of rotatable bonds is 2. The fraction of sp³-hybridized carbons (Fsp3) is 0.667. The standard InChI is InChI=1S/C18H23Cl2N.ClH/c1-11(21)17-6-12-4-13(7-17)9-18(8-12,10-17)14-2-3-15(19)16(20)5-14;/h2-3,5,11-13H,4,6-10,21H2,1H3;1H. The quantitative estimate of drug-likeness (QED) is 0.729. The Hall–Kier alpha value is 0.0500. The molecular formula is C18H24Cl3N. The molecule has 4 fully saturated rings. The van der Waals surface area contributed by atoms with Gasteiger partial charge in [0.1, 0.15) is 0 Å². The molecule has 22 heavy (non-hydrogen) atoms. The number of nitrogens with two attached hydrogens (primary N) is 1. The van der Waals surface area contributed by atoms with Gasteiger partial charge in [-0.05, 0) is 85.8 Å². The van der Waals surface area contributed by atoms with Crippen LogP contribution in [-0.2, 0) is 5.41 Å². The average Bonchev–Trinajstić information content (AvgIpc) is 2.40. The molecule has 122 valence electrons. The molecule has 0 amide bonds. The van der Waals surface area contributed by atoms with E-state index in [0.29, 0.717) is 26.9 Å². The molecule has 0 spiro atoms. The average molecular weight is 361 g/mol. The van der Waals surface area contributed by atoms with E-state index in [9.17, 15) is 0 Å². The van der Waals surface area contributed by atoms with Crippen LogP contribution in [0.15, 0.2) is 18.2 Å². The van der Waals surface area contributed by atoms with Crippen molar-refractivity contribution in [2.75, 3.05) is 0 Å². The second-order valence-electron chi connectivity index (χ2n) is 8.02. The van der Waals surface area contributed by atoms with Crippen LogP contribution in [0, 0.1) is 17.3 Å². The van der Waals surface area contributed by atoms with E-state index in [4.69, 9.17) is 28.9 Å². The fourth-order valence-electron chi connectivity index (χ4n) is 6.03. The van der Waals surface area contributed by atoms with Gasteiger partial charge in [0.2, 0.25) is 0 Å². The summed E-state index contributed by atoms with van der Waals surface area (Å²) in [4.78, 5) is 0. The topological polar surface area (TPSA) is 26.0 Å². The van der Waals surface area contributed by atoms with Gasteiger partial charge in [0.25, 0.3) is 0 Å². The minimum Gasteiger partial charge on any atom is -0.327 e. The Kier molecular flexibility index (Phi) is 4.26. The van der Waals surface area contributed by atoms with Crippen LogP contribution >= 0.6 is 35.6 Å². The molecule has 3 atom stereocenters. The zero-order valence-corrected chi connectivity index (χ0v) is 15.3. The molecule has 0 aliphatic heterocycles. The first-order valence-corrected chi connectivity index (χ1v) is 8.89. The smallest absolute Gasteiger partial charge is 0.0595 e. The third-order valence-corrected chi connectivity index (χ3v) is 7.34. The van der Waals surface area contributed by atoms with E-state index < -0.39 is 0 Å². The predicted octanol–water partition coefficient (Wildman–Crippen LogP) is 5.60. The van der Waals surface area contributed by atoms with Crippen molar-refractivity contribution in [3.05, 3.63) is 33.8 Å². The Morgan fingerprint density at radius 1 is 1.09 bits per heavy atom. The Labute approximate surface area is 149 Å². The van der Waals surface area contributed by atoms with Gasteiger partial charge in [0.15, 0.2) is 0 Å². The lowest BCUT2D eigenvalue weighted by Crippen LogP contribution is -2.59. The van der Waals surface area contributed by atoms with E-state index in [1.165, 1.54) is 44.1 Å². The second kappa shape index (κ2) is 5.55. The van der Waals surface area contributed by atoms with Gasteiger partial charge in [0, 0.05) is 6.04 Å². The zero-order valence-electron chi connectivity index (χ0n) is 12.9. The van der Waals surface area contributed by atoms with E-state index in [-0.39, 0.29) is 12.4 Å². The van der Waals surface area contributed by atoms with Crippen molar-refractivity contribution in [3.8, 4) is 0 Å². The first-order valence-electron chi connectivity index (χ1n) is 8.14. The summed E-state index contributed by atoms with van der Waals surface area (Å²) in [6, 6.07) is 6.59. The molecule has 0 radical (unpaired) electrons. The first-order chi connectivity index (χ1) is 9.92. The van der Waals surface area contributed by atoms with E-state index in [1.807, 2.05) is 6.07 Å². The van der Waals surface area contributed by atoms with Crippen molar-refractivity contribution < 1.29 is 0 Å². The van der Waals surface area contributed by atoms with Crippen LogP contribution in [0.2, 0.25) is 10.0 Å². The molecule has 4 saturated carbocycles. The van der Waals surface area contributed by atoms with Gasteiger partial charge in [-0.3, -0.25) is 0 Å². The van der Waals surface area contributed by atoms with E-state index in [2.05, 4.69) is 19.1 Å². The van der Waals surface area contributed by atoms with E-state index >= 15 is 0 Å². The lowest BCUT2D eigenvalue weighted by molar-refractivity contribution is -0.0821. The molecule has 4 aliphatic rings. The fourth-order valence-corrected chi connectivity index (χ4v) is 6.33. The maximum Gasteiger partial charge on any atom is 0.0595 e. The zero-order chi connectivity index (χ0) is 14.8. The van der Waals surface area contributed by atoms with Crippen LogP contribution < -0.4 is 5.73 Å². The molecule has 4 bridgehead atoms. The van der Waals surface area contributed by atoms with Crippen LogP contribution in [-0.4, -0.2) is 6.04 Å². The molecule has 4 heteroatoms. The molecule has 0 heterocycles. The highest BCUT2D eigenvalue weighted by atomic mass is 35.5. The van der Waals surface area contributed by atoms with Gasteiger partial charge < -0.3 is 5.73 Å². The number of halogens is 3. The normalized spacial score (nSPS) is 40.4. The van der Waals surface area contributed by atoms with Crippen molar-refractivity contribution in [1.82, 2.24) is 0 Å². The maximum absolute atomic E-state index is 6.44. The van der Waals surface area contributed by atoms with Gasteiger partial charge in [-0.2, -0.15) is 0 Å². The van der Waals surface area contributed by atoms with Gasteiger partial charge in [-0.25, -0.2) is 0 Å². The van der Waals surface area contributed by atoms with Gasteiger partial charge >= 0.3 is 0 Å². The Bertz CT molecular complexity index is 570. The van der Waals surface area contributed by atoms with Crippen LogP contribution in [0.25, 0.3) is 0 Å². The molecule has 4 aliphatic carbocycles. The number of hydrogen-bond acceptors (Lipinski definition) is 1. The van der Waals surface area contributed by atoms with Crippen LogP contribution in [0.5, 0.6) is 0 Å². The van der Waals surface area contributed by atoms with Crippen molar-refractivity contribution in [1.29, 1.82) is 0 Å². The second-order valence-corrected chi connectivity index (χ2v) is 8.84. The Morgan fingerprint density at radius 2 is 1.73 bits per heavy atom. The lowest BCUT2D eigenvalue weighted by atomic mass is 9.41. The van der Waals surface area contributed by atoms with Crippen molar-refractivity contribution in [2.45, 2.75) is 56.9 Å². The molecule has 2 N–H and O–H groups in total. The summed E-state index contributed by atoms with van der Waals surface area (Å²) in [5.41, 5.74) is 8.49. The Morgan fingerprint density at radius 3 is 2.27 bits per heavy atom. The Balaban J connectivity index is 0.00000144. The highest BCUT2D eigenvalue weighted by molar-refractivity contribution is 6.42. The lowest BCUT2D eigenvalue weighted by Gasteiger charge is -2.64. The van der Waals surface area contributed by atoms with Gasteiger partial charge in [0.05, 0.1) is 10.0 Å². The number of benzene rings is 1. The SMILES string of the molecule is CC(N)C12CC3CC(CC(c4ccc(Cl)c(Cl)c4)(C3)C1)C2.Cl. The molecule has 1 nitrogen and oxygen atoms in total. The molecule has 0 saturated heterocycles. The minimum absolute atomic E-state index is 0. The third-order valence-electron chi connectivity index (χ3n) is 6.60. The summed E-state index contributed by atoms with van der Waals surface area (Å²) in [7, 11) is 0. The molecule has 3 unspecified atom stereocenters. The summed E-state index contributed by atoms with van der Waals surface area (Å²) in [5.74, 6) is 1.71. The summed E-state index contributed by atoms with van der Waals surface area (Å²) < 4.78 is 0. The number of hydrogen-bond donors (Lipinski definition) is 1. The highest BCUT2D eigenvalue weighted by Crippen LogP contribution is 2.66. The largest absolute Gasteiger partial charge is 0.327 e.